The minimum Gasteiger partial charge on any atom is -0.497 e. The summed E-state index contributed by atoms with van der Waals surface area (Å²) in [4.78, 5) is 32.4. The maximum Gasteiger partial charge on any atom is 0.410 e. The van der Waals surface area contributed by atoms with E-state index in [1.54, 1.807) is 40.0 Å². The first-order valence-electron chi connectivity index (χ1n) is 16.2. The molecule has 0 aromatic heterocycles. The molecule has 1 saturated heterocycles. The van der Waals surface area contributed by atoms with Gasteiger partial charge in [-0.25, -0.2) is 9.59 Å². The largest absolute Gasteiger partial charge is 0.497 e. The number of anilines is 3. The van der Waals surface area contributed by atoms with Crippen LogP contribution in [0, 0.1) is 0 Å². The van der Waals surface area contributed by atoms with Gasteiger partial charge in [0.15, 0.2) is 0 Å². The smallest absolute Gasteiger partial charge is 0.410 e. The van der Waals surface area contributed by atoms with Crippen molar-refractivity contribution in [2.24, 2.45) is 0 Å². The van der Waals surface area contributed by atoms with Crippen LogP contribution in [0.5, 0.6) is 5.75 Å². The van der Waals surface area contributed by atoms with Crippen LogP contribution < -0.4 is 15.0 Å². The number of amides is 3. The molecule has 256 valence electrons. The van der Waals surface area contributed by atoms with Gasteiger partial charge < -0.3 is 24.6 Å². The molecule has 0 unspecified atom stereocenters. The Hall–Kier alpha value is -4.11. The maximum absolute atomic E-state index is 14.5. The van der Waals surface area contributed by atoms with Crippen LogP contribution in [0.25, 0.3) is 11.1 Å². The van der Waals surface area contributed by atoms with Gasteiger partial charge in [0.25, 0.3) is 0 Å². The fourth-order valence-electron chi connectivity index (χ4n) is 6.29. The van der Waals surface area contributed by atoms with Crippen LogP contribution >= 0.6 is 34.8 Å². The van der Waals surface area contributed by atoms with Gasteiger partial charge in [-0.3, -0.25) is 4.90 Å². The number of nitrogens with one attached hydrogen (secondary N) is 1. The van der Waals surface area contributed by atoms with E-state index in [0.717, 1.165) is 46.5 Å². The van der Waals surface area contributed by atoms with Crippen LogP contribution in [0.1, 0.15) is 44.7 Å². The number of urea groups is 1. The predicted octanol–water partition coefficient (Wildman–Crippen LogP) is 10.4. The summed E-state index contributed by atoms with van der Waals surface area (Å²) in [5.41, 5.74) is 4.91. The predicted molar refractivity (Wildman–Crippen MR) is 198 cm³/mol. The molecule has 0 atom stereocenters. The van der Waals surface area contributed by atoms with E-state index in [1.165, 1.54) is 0 Å². The molecule has 0 saturated carbocycles. The number of carbonyl (C=O) groups is 2. The van der Waals surface area contributed by atoms with Crippen molar-refractivity contribution >= 4 is 64.0 Å². The van der Waals surface area contributed by atoms with Crippen molar-refractivity contribution < 1.29 is 19.1 Å². The summed E-state index contributed by atoms with van der Waals surface area (Å²) in [6.45, 7) is 7.41. The molecule has 8 nitrogen and oxygen atoms in total. The number of ether oxygens (including phenoxy) is 2. The molecular weight excluding hydrogens is 683 g/mol. The summed E-state index contributed by atoms with van der Waals surface area (Å²) >= 11 is 20.5. The molecule has 0 aliphatic carbocycles. The number of fused-ring (bicyclic) bond motifs is 1. The summed E-state index contributed by atoms with van der Waals surface area (Å²) in [6.07, 6.45) is 1.16. The van der Waals surface area contributed by atoms with Crippen molar-refractivity contribution in [3.05, 3.63) is 105 Å². The molecule has 2 aliphatic heterocycles. The molecule has 49 heavy (non-hydrogen) atoms. The second-order valence-corrected chi connectivity index (χ2v) is 14.5. The second kappa shape index (κ2) is 14.4. The lowest BCUT2D eigenvalue weighted by Crippen LogP contribution is -2.45. The molecule has 0 bridgehead atoms. The highest BCUT2D eigenvalue weighted by Crippen LogP contribution is 2.47. The average Bonchev–Trinajstić information content (AvgIpc) is 3.06. The molecule has 2 heterocycles. The fraction of sp³-hybridized carbons (Fsp3) is 0.316. The Kier molecular flexibility index (Phi) is 10.2. The lowest BCUT2D eigenvalue weighted by Gasteiger charge is -2.39. The van der Waals surface area contributed by atoms with Crippen molar-refractivity contribution in [1.82, 2.24) is 9.80 Å². The van der Waals surface area contributed by atoms with Gasteiger partial charge in [-0.15, -0.1) is 0 Å². The minimum atomic E-state index is -0.553. The van der Waals surface area contributed by atoms with E-state index in [-0.39, 0.29) is 18.2 Å². The molecule has 0 radical (unpaired) electrons. The number of piperidine rings is 1. The standard InChI is InChI=1S/C38H39Cl3N4O4/c1-38(2,3)49-37(47)43-18-16-25(17-19-43)42-26-20-29(28-8-5-6-9-31(28)39)30-23-44(22-24-12-14-27(48-4)15-13-24)36(46)45(34(30)21-26)35-32(40)10-7-11-33(35)41/h5-15,20-21,25,42H,16-19,22-23H2,1-4H3. The molecule has 1 fully saturated rings. The average molecular weight is 722 g/mol. The molecule has 4 aromatic rings. The lowest BCUT2D eigenvalue weighted by atomic mass is 9.93. The SMILES string of the molecule is COc1ccc(CN2Cc3c(-c4ccccc4Cl)cc(NC4CCN(C(=O)OC(C)(C)C)CC4)cc3N(c3c(Cl)cccc3Cl)C2=O)cc1. The van der Waals surface area contributed by atoms with Crippen LogP contribution in [0.2, 0.25) is 15.1 Å². The van der Waals surface area contributed by atoms with E-state index in [4.69, 9.17) is 44.3 Å². The number of likely N-dealkylation sites (tertiary alicyclic amines) is 1. The summed E-state index contributed by atoms with van der Waals surface area (Å²) in [6, 6.07) is 24.5. The van der Waals surface area contributed by atoms with Crippen LogP contribution in [-0.4, -0.2) is 53.8 Å². The van der Waals surface area contributed by atoms with Crippen molar-refractivity contribution in [1.29, 1.82) is 0 Å². The Morgan fingerprint density at radius 3 is 2.16 bits per heavy atom. The number of para-hydroxylation sites is 1. The Morgan fingerprint density at radius 2 is 1.53 bits per heavy atom. The Morgan fingerprint density at radius 1 is 0.878 bits per heavy atom. The summed E-state index contributed by atoms with van der Waals surface area (Å²) in [5, 5.41) is 4.99. The number of rotatable bonds is 7. The number of hydrogen-bond acceptors (Lipinski definition) is 5. The van der Waals surface area contributed by atoms with E-state index in [0.29, 0.717) is 52.6 Å². The fourth-order valence-corrected chi connectivity index (χ4v) is 7.09. The van der Waals surface area contributed by atoms with Gasteiger partial charge in [-0.05, 0) is 87.2 Å². The van der Waals surface area contributed by atoms with Gasteiger partial charge in [0.1, 0.15) is 11.4 Å². The number of benzene rings is 4. The Bertz CT molecular complexity index is 1830. The summed E-state index contributed by atoms with van der Waals surface area (Å²) < 4.78 is 10.9. The van der Waals surface area contributed by atoms with Crippen LogP contribution in [0.3, 0.4) is 0 Å². The van der Waals surface area contributed by atoms with Crippen LogP contribution in [-0.2, 0) is 17.8 Å². The van der Waals surface area contributed by atoms with E-state index >= 15 is 0 Å². The molecule has 3 amide bonds. The zero-order valence-electron chi connectivity index (χ0n) is 27.9. The van der Waals surface area contributed by atoms with Crippen LogP contribution in [0.15, 0.2) is 78.9 Å². The summed E-state index contributed by atoms with van der Waals surface area (Å²) in [7, 11) is 1.62. The van der Waals surface area contributed by atoms with Crippen molar-refractivity contribution in [2.45, 2.75) is 58.3 Å². The van der Waals surface area contributed by atoms with Crippen molar-refractivity contribution in [3.63, 3.8) is 0 Å². The first-order chi connectivity index (χ1) is 23.4. The third kappa shape index (κ3) is 7.72. The van der Waals surface area contributed by atoms with Gasteiger partial charge in [-0.1, -0.05) is 71.2 Å². The topological polar surface area (TPSA) is 74.4 Å². The Labute approximate surface area is 302 Å². The molecule has 11 heteroatoms. The highest BCUT2D eigenvalue weighted by molar-refractivity contribution is 6.40. The van der Waals surface area contributed by atoms with E-state index in [2.05, 4.69) is 11.4 Å². The van der Waals surface area contributed by atoms with Crippen molar-refractivity contribution in [3.8, 4) is 16.9 Å². The first-order valence-corrected chi connectivity index (χ1v) is 17.4. The van der Waals surface area contributed by atoms with Crippen molar-refractivity contribution in [2.75, 3.05) is 30.4 Å². The van der Waals surface area contributed by atoms with Crippen LogP contribution in [0.4, 0.5) is 26.7 Å². The van der Waals surface area contributed by atoms with Gasteiger partial charge in [0.2, 0.25) is 0 Å². The normalized spacial score (nSPS) is 15.2. The first kappa shape index (κ1) is 34.7. The number of halogens is 3. The zero-order valence-corrected chi connectivity index (χ0v) is 30.2. The molecule has 1 N–H and O–H groups in total. The zero-order chi connectivity index (χ0) is 34.9. The maximum atomic E-state index is 14.5. The molecule has 0 spiro atoms. The van der Waals surface area contributed by atoms with E-state index in [1.807, 2.05) is 75.4 Å². The quantitative estimate of drug-likeness (QED) is 0.206. The highest BCUT2D eigenvalue weighted by Gasteiger charge is 2.36. The molecule has 6 rings (SSSR count). The Balaban J connectivity index is 1.41. The number of nitrogens with zero attached hydrogens (tertiary/aromatic N) is 3. The third-order valence-electron chi connectivity index (χ3n) is 8.65. The van der Waals surface area contributed by atoms with E-state index < -0.39 is 5.60 Å². The van der Waals surface area contributed by atoms with E-state index in [9.17, 15) is 9.59 Å². The monoisotopic (exact) mass is 720 g/mol. The lowest BCUT2D eigenvalue weighted by molar-refractivity contribution is 0.0210. The van der Waals surface area contributed by atoms with Gasteiger partial charge in [-0.2, -0.15) is 0 Å². The number of methoxy groups -OCH3 is 1. The minimum absolute atomic E-state index is 0.0824. The highest BCUT2D eigenvalue weighted by atomic mass is 35.5. The van der Waals surface area contributed by atoms with Gasteiger partial charge >= 0.3 is 12.1 Å². The molecule has 2 aliphatic rings. The third-order valence-corrected chi connectivity index (χ3v) is 9.59. The molecular formula is C38H39Cl3N4O4. The van der Waals surface area contributed by atoms with Gasteiger partial charge in [0.05, 0.1) is 35.1 Å². The number of hydrogen-bond donors (Lipinski definition) is 1. The van der Waals surface area contributed by atoms with Gasteiger partial charge in [0, 0.05) is 47.5 Å². The summed E-state index contributed by atoms with van der Waals surface area (Å²) in [5.74, 6) is 0.736. The second-order valence-electron chi connectivity index (χ2n) is 13.3. The number of carbonyl (C=O) groups excluding carboxylic acids is 2. The molecule has 4 aromatic carbocycles.